The van der Waals surface area contributed by atoms with Crippen LogP contribution in [0, 0.1) is 0 Å². The minimum Gasteiger partial charge on any atom is -0.399 e. The standard InChI is InChI=1S/C12H23N3O/c1-14-12(7-8-15(2)3)6-5-10(13)9-11(12)16-4/h5-6,9,11,14H,7-8,13H2,1-4H3. The lowest BCUT2D eigenvalue weighted by molar-refractivity contribution is 0.0671. The van der Waals surface area contributed by atoms with E-state index in [2.05, 4.69) is 30.4 Å². The summed E-state index contributed by atoms with van der Waals surface area (Å²) < 4.78 is 5.51. The number of nitrogens with one attached hydrogen (secondary N) is 1. The third-order valence-electron chi connectivity index (χ3n) is 3.12. The van der Waals surface area contributed by atoms with Gasteiger partial charge in [-0.25, -0.2) is 0 Å². The van der Waals surface area contributed by atoms with Crippen LogP contribution in [-0.4, -0.2) is 51.3 Å². The molecule has 0 amide bonds. The maximum atomic E-state index is 5.79. The molecular formula is C12H23N3O. The minimum atomic E-state index is -0.151. The van der Waals surface area contributed by atoms with Gasteiger partial charge < -0.3 is 20.7 Å². The van der Waals surface area contributed by atoms with Gasteiger partial charge in [-0.05, 0) is 46.3 Å². The van der Waals surface area contributed by atoms with Gasteiger partial charge in [0.25, 0.3) is 0 Å². The number of allylic oxidation sites excluding steroid dienone is 1. The maximum absolute atomic E-state index is 5.79. The molecule has 0 aromatic heterocycles. The van der Waals surface area contributed by atoms with Gasteiger partial charge in [0.2, 0.25) is 0 Å². The molecule has 4 nitrogen and oxygen atoms in total. The second-order valence-corrected chi connectivity index (χ2v) is 4.50. The topological polar surface area (TPSA) is 50.5 Å². The molecule has 2 atom stereocenters. The Hall–Kier alpha value is -0.840. The number of hydrogen-bond acceptors (Lipinski definition) is 4. The van der Waals surface area contributed by atoms with Crippen molar-refractivity contribution in [3.8, 4) is 0 Å². The Morgan fingerprint density at radius 2 is 2.25 bits per heavy atom. The lowest BCUT2D eigenvalue weighted by Crippen LogP contribution is -2.54. The normalized spacial score (nSPS) is 29.6. The molecule has 0 spiro atoms. The van der Waals surface area contributed by atoms with Crippen molar-refractivity contribution >= 4 is 0 Å². The zero-order valence-electron chi connectivity index (χ0n) is 10.7. The minimum absolute atomic E-state index is 0.0116. The Morgan fingerprint density at radius 1 is 1.56 bits per heavy atom. The molecular weight excluding hydrogens is 202 g/mol. The van der Waals surface area contributed by atoms with Gasteiger partial charge in [0, 0.05) is 12.8 Å². The number of rotatable bonds is 5. The Kier molecular flexibility index (Phi) is 4.53. The molecule has 0 bridgehead atoms. The summed E-state index contributed by atoms with van der Waals surface area (Å²) in [5.74, 6) is 0. The van der Waals surface area contributed by atoms with Crippen LogP contribution in [0.4, 0.5) is 0 Å². The number of ether oxygens (including phenoxy) is 1. The van der Waals surface area contributed by atoms with Crippen molar-refractivity contribution in [3.05, 3.63) is 23.9 Å². The fraction of sp³-hybridized carbons (Fsp3) is 0.667. The predicted octanol–water partition coefficient (Wildman–Crippen LogP) is 0.324. The first kappa shape index (κ1) is 13.2. The number of hydrogen-bond donors (Lipinski definition) is 2. The summed E-state index contributed by atoms with van der Waals surface area (Å²) in [4.78, 5) is 2.17. The van der Waals surface area contributed by atoms with Crippen LogP contribution in [-0.2, 0) is 4.74 Å². The van der Waals surface area contributed by atoms with E-state index < -0.39 is 0 Å². The summed E-state index contributed by atoms with van der Waals surface area (Å²) in [6, 6.07) is 0. The first-order valence-electron chi connectivity index (χ1n) is 5.57. The molecule has 1 aliphatic rings. The molecule has 0 aliphatic heterocycles. The molecule has 92 valence electrons. The van der Waals surface area contributed by atoms with E-state index in [4.69, 9.17) is 10.5 Å². The summed E-state index contributed by atoms with van der Waals surface area (Å²) in [7, 11) is 7.82. The van der Waals surface area contributed by atoms with E-state index in [0.717, 1.165) is 18.7 Å². The van der Waals surface area contributed by atoms with E-state index in [1.54, 1.807) is 7.11 Å². The summed E-state index contributed by atoms with van der Waals surface area (Å²) in [5, 5.41) is 3.36. The molecule has 0 fully saturated rings. The smallest absolute Gasteiger partial charge is 0.0992 e. The molecule has 0 aromatic rings. The van der Waals surface area contributed by atoms with Crippen LogP contribution in [0.15, 0.2) is 23.9 Å². The third-order valence-corrected chi connectivity index (χ3v) is 3.12. The van der Waals surface area contributed by atoms with Gasteiger partial charge in [0.05, 0.1) is 11.6 Å². The monoisotopic (exact) mass is 225 g/mol. The summed E-state index contributed by atoms with van der Waals surface area (Å²) >= 11 is 0. The molecule has 3 N–H and O–H groups in total. The van der Waals surface area contributed by atoms with E-state index in [-0.39, 0.29) is 11.6 Å². The van der Waals surface area contributed by atoms with Gasteiger partial charge in [-0.2, -0.15) is 0 Å². The van der Waals surface area contributed by atoms with Crippen LogP contribution in [0.25, 0.3) is 0 Å². The number of nitrogens with zero attached hydrogens (tertiary/aromatic N) is 1. The van der Waals surface area contributed by atoms with Gasteiger partial charge in [-0.3, -0.25) is 0 Å². The van der Waals surface area contributed by atoms with Crippen molar-refractivity contribution in [1.82, 2.24) is 10.2 Å². The predicted molar refractivity (Wildman–Crippen MR) is 67.2 cm³/mol. The molecule has 0 aromatic carbocycles. The molecule has 16 heavy (non-hydrogen) atoms. The van der Waals surface area contributed by atoms with Gasteiger partial charge in [0.1, 0.15) is 0 Å². The van der Waals surface area contributed by atoms with Gasteiger partial charge in [-0.15, -0.1) is 0 Å². The third kappa shape index (κ3) is 2.84. The van der Waals surface area contributed by atoms with E-state index in [9.17, 15) is 0 Å². The lowest BCUT2D eigenvalue weighted by atomic mass is 9.84. The second kappa shape index (κ2) is 5.48. The molecule has 1 rings (SSSR count). The van der Waals surface area contributed by atoms with E-state index in [0.29, 0.717) is 0 Å². The summed E-state index contributed by atoms with van der Waals surface area (Å²) in [6.45, 7) is 0.999. The highest BCUT2D eigenvalue weighted by Gasteiger charge is 2.35. The van der Waals surface area contributed by atoms with Crippen LogP contribution < -0.4 is 11.1 Å². The van der Waals surface area contributed by atoms with Crippen molar-refractivity contribution in [2.75, 3.05) is 34.8 Å². The first-order valence-corrected chi connectivity index (χ1v) is 5.57. The highest BCUT2D eigenvalue weighted by molar-refractivity contribution is 5.31. The van der Waals surface area contributed by atoms with Gasteiger partial charge in [0.15, 0.2) is 0 Å². The van der Waals surface area contributed by atoms with Crippen LogP contribution in [0.1, 0.15) is 6.42 Å². The molecule has 0 saturated carbocycles. The molecule has 4 heteroatoms. The van der Waals surface area contributed by atoms with Crippen molar-refractivity contribution in [2.45, 2.75) is 18.1 Å². The fourth-order valence-corrected chi connectivity index (χ4v) is 1.98. The Bertz CT molecular complexity index is 286. The Balaban J connectivity index is 2.81. The number of methoxy groups -OCH3 is 1. The Labute approximate surface area is 98.1 Å². The Morgan fingerprint density at radius 3 is 2.75 bits per heavy atom. The van der Waals surface area contributed by atoms with E-state index >= 15 is 0 Å². The van der Waals surface area contributed by atoms with Crippen LogP contribution in [0.5, 0.6) is 0 Å². The largest absolute Gasteiger partial charge is 0.399 e. The summed E-state index contributed by atoms with van der Waals surface area (Å²) in [5.41, 5.74) is 6.40. The van der Waals surface area contributed by atoms with Crippen LogP contribution >= 0.6 is 0 Å². The van der Waals surface area contributed by atoms with E-state index in [1.807, 2.05) is 19.2 Å². The molecule has 0 heterocycles. The maximum Gasteiger partial charge on any atom is 0.0992 e. The molecule has 1 aliphatic carbocycles. The van der Waals surface area contributed by atoms with Gasteiger partial charge >= 0.3 is 0 Å². The molecule has 2 unspecified atom stereocenters. The fourth-order valence-electron chi connectivity index (χ4n) is 1.98. The first-order chi connectivity index (χ1) is 7.54. The van der Waals surface area contributed by atoms with E-state index in [1.165, 1.54) is 0 Å². The van der Waals surface area contributed by atoms with Crippen LogP contribution in [0.3, 0.4) is 0 Å². The SMILES string of the molecule is CNC1(CCN(C)C)C=CC(N)=CC1OC. The highest BCUT2D eigenvalue weighted by atomic mass is 16.5. The van der Waals surface area contributed by atoms with Crippen LogP contribution in [0.2, 0.25) is 0 Å². The molecule has 0 radical (unpaired) electrons. The quantitative estimate of drug-likeness (QED) is 0.708. The highest BCUT2D eigenvalue weighted by Crippen LogP contribution is 2.25. The van der Waals surface area contributed by atoms with Crippen molar-refractivity contribution in [3.63, 3.8) is 0 Å². The zero-order chi connectivity index (χ0) is 12.2. The van der Waals surface area contributed by atoms with Crippen molar-refractivity contribution in [1.29, 1.82) is 0 Å². The average molecular weight is 225 g/mol. The summed E-state index contributed by atoms with van der Waals surface area (Å²) in [6.07, 6.45) is 6.99. The van der Waals surface area contributed by atoms with Gasteiger partial charge in [-0.1, -0.05) is 6.08 Å². The number of nitrogens with two attached hydrogens (primary N) is 1. The zero-order valence-corrected chi connectivity index (χ0v) is 10.7. The van der Waals surface area contributed by atoms with Crippen molar-refractivity contribution in [2.24, 2.45) is 5.73 Å². The number of likely N-dealkylation sites (N-methyl/N-ethyl adjacent to an activating group) is 1. The van der Waals surface area contributed by atoms with Crippen molar-refractivity contribution < 1.29 is 4.74 Å². The average Bonchev–Trinajstić information content (AvgIpc) is 2.27. The molecule has 0 saturated heterocycles. The lowest BCUT2D eigenvalue weighted by Gasteiger charge is -2.39. The second-order valence-electron chi connectivity index (χ2n) is 4.50.